The van der Waals surface area contributed by atoms with Crippen molar-refractivity contribution in [2.24, 2.45) is 0 Å². The predicted molar refractivity (Wildman–Crippen MR) is 85.1 cm³/mol. The van der Waals surface area contributed by atoms with Crippen molar-refractivity contribution in [1.82, 2.24) is 0 Å². The second-order valence-electron chi connectivity index (χ2n) is 4.70. The molecule has 1 aromatic carbocycles. The van der Waals surface area contributed by atoms with Gasteiger partial charge < -0.3 is 10.6 Å². The van der Waals surface area contributed by atoms with Gasteiger partial charge in [-0.2, -0.15) is 5.26 Å². The number of thiophene rings is 1. The Kier molecular flexibility index (Phi) is 4.21. The molecule has 0 saturated carbocycles. The van der Waals surface area contributed by atoms with E-state index in [1.54, 1.807) is 11.9 Å². The molecule has 0 radical (unpaired) electrons. The van der Waals surface area contributed by atoms with Crippen molar-refractivity contribution in [3.63, 3.8) is 0 Å². The van der Waals surface area contributed by atoms with Crippen LogP contribution in [0, 0.1) is 11.3 Å². The van der Waals surface area contributed by atoms with Gasteiger partial charge in [-0.05, 0) is 5.56 Å². The topological polar surface area (TPSA) is 87.2 Å². The Morgan fingerprint density at radius 3 is 2.48 bits per heavy atom. The summed E-state index contributed by atoms with van der Waals surface area (Å²) in [5, 5.41) is 9.56. The van der Waals surface area contributed by atoms with Gasteiger partial charge >= 0.3 is 0 Å². The van der Waals surface area contributed by atoms with Crippen LogP contribution < -0.4 is 10.6 Å². The van der Waals surface area contributed by atoms with E-state index in [1.807, 2.05) is 36.4 Å². The minimum absolute atomic E-state index is 0.0416. The molecule has 0 aliphatic rings. The number of anilines is 2. The van der Waals surface area contributed by atoms with Crippen LogP contribution in [0.15, 0.2) is 35.2 Å². The van der Waals surface area contributed by atoms with E-state index in [2.05, 4.69) is 0 Å². The molecule has 0 amide bonds. The molecule has 7 heteroatoms. The second kappa shape index (κ2) is 5.76. The number of nitriles is 1. The van der Waals surface area contributed by atoms with Gasteiger partial charge in [0, 0.05) is 19.8 Å². The fourth-order valence-electron chi connectivity index (χ4n) is 2.04. The smallest absolute Gasteiger partial charge is 0.180 e. The van der Waals surface area contributed by atoms with E-state index in [4.69, 9.17) is 11.0 Å². The Labute approximate surface area is 128 Å². The quantitative estimate of drug-likeness (QED) is 0.933. The molecule has 2 rings (SSSR count). The third-order valence-electron chi connectivity index (χ3n) is 2.96. The Bertz CT molecular complexity index is 790. The summed E-state index contributed by atoms with van der Waals surface area (Å²) in [6, 6.07) is 11.6. The lowest BCUT2D eigenvalue weighted by Gasteiger charge is -2.18. The van der Waals surface area contributed by atoms with E-state index in [9.17, 15) is 8.42 Å². The number of nitrogens with zero attached hydrogens (tertiary/aromatic N) is 2. The standard InChI is InChI=1S/C14H15N3O2S2/c1-17(9-10-6-4-3-5-7-10)14-13(21(2,18)19)12(16)11(8-15)20-14/h3-7H,9,16H2,1-2H3. The summed E-state index contributed by atoms with van der Waals surface area (Å²) in [6.45, 7) is 0.536. The zero-order valence-electron chi connectivity index (χ0n) is 11.7. The first-order valence-electron chi connectivity index (χ1n) is 6.12. The van der Waals surface area contributed by atoms with Crippen LogP contribution in [0.2, 0.25) is 0 Å². The number of sulfone groups is 1. The lowest BCUT2D eigenvalue weighted by molar-refractivity contribution is 0.602. The summed E-state index contributed by atoms with van der Waals surface area (Å²) in [4.78, 5) is 2.07. The van der Waals surface area contributed by atoms with Gasteiger partial charge in [-0.3, -0.25) is 0 Å². The molecule has 0 fully saturated rings. The molecular formula is C14H15N3O2S2. The van der Waals surface area contributed by atoms with Crippen LogP contribution in [-0.4, -0.2) is 21.7 Å². The first-order valence-corrected chi connectivity index (χ1v) is 8.83. The molecule has 0 aliphatic carbocycles. The Morgan fingerprint density at radius 2 is 1.95 bits per heavy atom. The normalized spacial score (nSPS) is 11.1. The fraction of sp³-hybridized carbons (Fsp3) is 0.214. The maximum atomic E-state index is 12.0. The maximum Gasteiger partial charge on any atom is 0.180 e. The second-order valence-corrected chi connectivity index (χ2v) is 7.66. The lowest BCUT2D eigenvalue weighted by atomic mass is 10.2. The number of rotatable bonds is 4. The average Bonchev–Trinajstić information content (AvgIpc) is 2.76. The summed E-state index contributed by atoms with van der Waals surface area (Å²) in [5.41, 5.74) is 6.90. The zero-order valence-corrected chi connectivity index (χ0v) is 13.3. The molecule has 5 nitrogen and oxygen atoms in total. The maximum absolute atomic E-state index is 12.0. The lowest BCUT2D eigenvalue weighted by Crippen LogP contribution is -2.17. The monoisotopic (exact) mass is 321 g/mol. The van der Waals surface area contributed by atoms with Crippen molar-refractivity contribution in [3.05, 3.63) is 40.8 Å². The molecule has 2 aromatic rings. The van der Waals surface area contributed by atoms with Crippen LogP contribution in [0.25, 0.3) is 0 Å². The van der Waals surface area contributed by atoms with Gasteiger partial charge in [0.2, 0.25) is 0 Å². The SMILES string of the molecule is CN(Cc1ccccc1)c1sc(C#N)c(N)c1S(C)(=O)=O. The number of nitrogens with two attached hydrogens (primary N) is 1. The van der Waals surface area contributed by atoms with Gasteiger partial charge in [0.15, 0.2) is 9.84 Å². The highest BCUT2D eigenvalue weighted by Gasteiger charge is 2.26. The molecule has 0 aliphatic heterocycles. The van der Waals surface area contributed by atoms with Crippen molar-refractivity contribution in [2.45, 2.75) is 11.4 Å². The summed E-state index contributed by atoms with van der Waals surface area (Å²) in [6.07, 6.45) is 1.10. The Balaban J connectivity index is 2.46. The van der Waals surface area contributed by atoms with Crippen LogP contribution >= 0.6 is 11.3 Å². The number of benzene rings is 1. The van der Waals surface area contributed by atoms with E-state index in [0.717, 1.165) is 23.2 Å². The summed E-state index contributed by atoms with van der Waals surface area (Å²) in [7, 11) is -1.71. The average molecular weight is 321 g/mol. The molecule has 21 heavy (non-hydrogen) atoms. The van der Waals surface area contributed by atoms with Crippen LogP contribution in [0.1, 0.15) is 10.4 Å². The zero-order chi connectivity index (χ0) is 15.6. The van der Waals surface area contributed by atoms with Gasteiger partial charge in [0.1, 0.15) is 20.8 Å². The molecular weight excluding hydrogens is 306 g/mol. The third kappa shape index (κ3) is 3.17. The fourth-order valence-corrected chi connectivity index (χ4v) is 4.53. The van der Waals surface area contributed by atoms with Crippen LogP contribution in [0.4, 0.5) is 10.7 Å². The van der Waals surface area contributed by atoms with Gasteiger partial charge in [-0.25, -0.2) is 8.42 Å². The van der Waals surface area contributed by atoms with Crippen molar-refractivity contribution in [2.75, 3.05) is 23.9 Å². The molecule has 2 N–H and O–H groups in total. The summed E-state index contributed by atoms with van der Waals surface area (Å²) in [5.74, 6) is 0. The molecule has 0 saturated heterocycles. The first-order chi connectivity index (χ1) is 9.84. The van der Waals surface area contributed by atoms with Crippen molar-refractivity contribution in [1.29, 1.82) is 5.26 Å². The van der Waals surface area contributed by atoms with Crippen LogP contribution in [0.5, 0.6) is 0 Å². The minimum Gasteiger partial charge on any atom is -0.396 e. The number of hydrogen-bond donors (Lipinski definition) is 1. The highest BCUT2D eigenvalue weighted by Crippen LogP contribution is 2.41. The van der Waals surface area contributed by atoms with E-state index in [-0.39, 0.29) is 15.5 Å². The van der Waals surface area contributed by atoms with Crippen LogP contribution in [-0.2, 0) is 16.4 Å². The van der Waals surface area contributed by atoms with Crippen molar-refractivity contribution < 1.29 is 8.42 Å². The Hall–Kier alpha value is -2.04. The molecule has 0 unspecified atom stereocenters. The molecule has 0 atom stereocenters. The third-order valence-corrected chi connectivity index (χ3v) is 5.47. The van der Waals surface area contributed by atoms with Gasteiger partial charge in [0.25, 0.3) is 0 Å². The first kappa shape index (κ1) is 15.4. The van der Waals surface area contributed by atoms with Gasteiger partial charge in [-0.1, -0.05) is 30.3 Å². The van der Waals surface area contributed by atoms with E-state index >= 15 is 0 Å². The molecule has 110 valence electrons. The minimum atomic E-state index is -3.50. The van der Waals surface area contributed by atoms with Gasteiger partial charge in [0.05, 0.1) is 5.69 Å². The molecule has 0 bridgehead atoms. The molecule has 1 heterocycles. The van der Waals surface area contributed by atoms with E-state index in [1.165, 1.54) is 0 Å². The van der Waals surface area contributed by atoms with E-state index < -0.39 is 9.84 Å². The van der Waals surface area contributed by atoms with Crippen molar-refractivity contribution in [3.8, 4) is 6.07 Å². The van der Waals surface area contributed by atoms with Crippen molar-refractivity contribution >= 4 is 31.9 Å². The molecule has 0 spiro atoms. The highest BCUT2D eigenvalue weighted by molar-refractivity contribution is 7.91. The highest BCUT2D eigenvalue weighted by atomic mass is 32.2. The summed E-state index contributed by atoms with van der Waals surface area (Å²) < 4.78 is 23.9. The number of hydrogen-bond acceptors (Lipinski definition) is 6. The Morgan fingerprint density at radius 1 is 1.33 bits per heavy atom. The largest absolute Gasteiger partial charge is 0.396 e. The predicted octanol–water partition coefficient (Wildman–Crippen LogP) is 2.24. The number of nitrogen functional groups attached to an aromatic ring is 1. The van der Waals surface area contributed by atoms with Crippen LogP contribution in [0.3, 0.4) is 0 Å². The molecule has 1 aromatic heterocycles. The van der Waals surface area contributed by atoms with E-state index in [0.29, 0.717) is 11.5 Å². The summed E-state index contributed by atoms with van der Waals surface area (Å²) >= 11 is 1.10. The van der Waals surface area contributed by atoms with Gasteiger partial charge in [-0.15, -0.1) is 11.3 Å².